The van der Waals surface area contributed by atoms with Gasteiger partial charge in [0.2, 0.25) is 0 Å². The zero-order valence-electron chi connectivity index (χ0n) is 28.4. The lowest BCUT2D eigenvalue weighted by Gasteiger charge is -2.38. The van der Waals surface area contributed by atoms with Crippen molar-refractivity contribution >= 4 is 6.21 Å². The molecule has 49 heavy (non-hydrogen) atoms. The second-order valence-corrected chi connectivity index (χ2v) is 12.9. The topological polar surface area (TPSA) is 21.5 Å². The summed E-state index contributed by atoms with van der Waals surface area (Å²) in [6, 6.07) is 61.9. The highest BCUT2D eigenvalue weighted by Crippen LogP contribution is 2.47. The Bertz CT molecular complexity index is 1790. The third-order valence-corrected chi connectivity index (χ3v) is 10.3. The summed E-state index contributed by atoms with van der Waals surface area (Å²) in [6.45, 7) is 0.986. The van der Waals surface area contributed by atoms with Crippen LogP contribution in [0.5, 0.6) is 11.5 Å². The summed E-state index contributed by atoms with van der Waals surface area (Å²) >= 11 is 0. The molecule has 0 N–H and O–H groups in total. The molecule has 1 fully saturated rings. The van der Waals surface area contributed by atoms with Crippen molar-refractivity contribution in [2.75, 3.05) is 20.8 Å². The van der Waals surface area contributed by atoms with Crippen LogP contribution in [0.4, 0.5) is 0 Å². The van der Waals surface area contributed by atoms with Crippen LogP contribution >= 0.6 is 0 Å². The molecule has 0 radical (unpaired) electrons. The minimum Gasteiger partial charge on any atom is -0.497 e. The standard InChI is InChI=1S/C46H44NO2/c1-48-41-29-25-36(26-30-41)45(37-27-31-42(49-2)32-28-37)43(35-16-7-3-8-17-35)34-47-33-15-24-44(47)46(38-18-9-4-10-19-38,39-20-11-5-12-21-39)40-22-13-6-14-23-40/h3-14,16-23,25-32,34,43-45H,15,24,33H2,1-2H3/q+1. The molecular formula is C46H44NO2+. The quantitative estimate of drug-likeness (QED) is 0.104. The van der Waals surface area contributed by atoms with E-state index in [4.69, 9.17) is 9.47 Å². The van der Waals surface area contributed by atoms with E-state index in [-0.39, 0.29) is 23.3 Å². The predicted molar refractivity (Wildman–Crippen MR) is 200 cm³/mol. The van der Waals surface area contributed by atoms with Crippen LogP contribution in [0.15, 0.2) is 170 Å². The fourth-order valence-electron chi connectivity index (χ4n) is 8.09. The van der Waals surface area contributed by atoms with Crippen LogP contribution in [0.3, 0.4) is 0 Å². The highest BCUT2D eigenvalue weighted by molar-refractivity contribution is 5.68. The smallest absolute Gasteiger partial charge is 0.170 e. The first-order valence-electron chi connectivity index (χ1n) is 17.3. The normalized spacial score (nSPS) is 16.1. The number of methoxy groups -OCH3 is 2. The van der Waals surface area contributed by atoms with Gasteiger partial charge in [0.1, 0.15) is 29.7 Å². The van der Waals surface area contributed by atoms with Gasteiger partial charge in [0.15, 0.2) is 6.04 Å². The molecule has 1 saturated heterocycles. The summed E-state index contributed by atoms with van der Waals surface area (Å²) in [5.41, 5.74) is 7.34. The third-order valence-electron chi connectivity index (χ3n) is 10.3. The maximum atomic E-state index is 5.58. The highest BCUT2D eigenvalue weighted by atomic mass is 16.5. The first kappa shape index (κ1) is 32.2. The number of ether oxygens (including phenoxy) is 2. The molecule has 244 valence electrons. The first-order valence-corrected chi connectivity index (χ1v) is 17.3. The Balaban J connectivity index is 1.46. The zero-order chi connectivity index (χ0) is 33.5. The van der Waals surface area contributed by atoms with Gasteiger partial charge in [0.05, 0.1) is 20.1 Å². The Morgan fingerprint density at radius 2 is 0.939 bits per heavy atom. The molecule has 1 aliphatic rings. The van der Waals surface area contributed by atoms with Crippen molar-refractivity contribution in [3.05, 3.63) is 203 Å². The van der Waals surface area contributed by atoms with Crippen LogP contribution in [0.25, 0.3) is 0 Å². The predicted octanol–water partition coefficient (Wildman–Crippen LogP) is 9.90. The molecule has 3 heteroatoms. The molecule has 0 bridgehead atoms. The van der Waals surface area contributed by atoms with E-state index in [9.17, 15) is 0 Å². The molecule has 0 saturated carbocycles. The van der Waals surface area contributed by atoms with E-state index in [0.717, 1.165) is 30.9 Å². The van der Waals surface area contributed by atoms with Gasteiger partial charge >= 0.3 is 0 Å². The molecule has 7 rings (SSSR count). The Hall–Kier alpha value is -5.41. The number of nitrogens with zero attached hydrogens (tertiary/aromatic N) is 1. The van der Waals surface area contributed by atoms with Gasteiger partial charge < -0.3 is 9.47 Å². The van der Waals surface area contributed by atoms with Crippen molar-refractivity contribution in [2.24, 2.45) is 0 Å². The van der Waals surface area contributed by atoms with Crippen molar-refractivity contribution in [3.63, 3.8) is 0 Å². The largest absolute Gasteiger partial charge is 0.497 e. The molecule has 0 spiro atoms. The minimum absolute atomic E-state index is 0.0556. The highest BCUT2D eigenvalue weighted by Gasteiger charge is 2.52. The summed E-state index contributed by atoms with van der Waals surface area (Å²) in [5, 5.41) is 0. The van der Waals surface area contributed by atoms with Gasteiger partial charge in [-0.25, -0.2) is 4.58 Å². The van der Waals surface area contributed by atoms with E-state index in [1.807, 2.05) is 0 Å². The van der Waals surface area contributed by atoms with Crippen molar-refractivity contribution in [1.82, 2.24) is 0 Å². The Morgan fingerprint density at radius 1 is 0.531 bits per heavy atom. The molecule has 6 aromatic rings. The average Bonchev–Trinajstić information content (AvgIpc) is 3.65. The molecule has 2 unspecified atom stereocenters. The van der Waals surface area contributed by atoms with E-state index in [1.54, 1.807) is 14.2 Å². The molecular weight excluding hydrogens is 599 g/mol. The molecule has 1 heterocycles. The van der Waals surface area contributed by atoms with Gasteiger partial charge in [-0.1, -0.05) is 146 Å². The Labute approximate surface area is 291 Å². The van der Waals surface area contributed by atoms with Crippen molar-refractivity contribution in [1.29, 1.82) is 0 Å². The lowest BCUT2D eigenvalue weighted by molar-refractivity contribution is -0.548. The molecule has 0 aromatic heterocycles. The summed E-state index contributed by atoms with van der Waals surface area (Å²) in [5.74, 6) is 1.83. The lowest BCUT2D eigenvalue weighted by Crippen LogP contribution is -2.46. The van der Waals surface area contributed by atoms with Crippen LogP contribution in [0.2, 0.25) is 0 Å². The fraction of sp³-hybridized carbons (Fsp3) is 0.196. The summed E-state index contributed by atoms with van der Waals surface area (Å²) in [6.07, 6.45) is 4.76. The van der Waals surface area contributed by atoms with Crippen LogP contribution in [-0.4, -0.2) is 37.6 Å². The van der Waals surface area contributed by atoms with E-state index < -0.39 is 0 Å². The molecule has 0 amide bonds. The number of hydrogen-bond donors (Lipinski definition) is 0. The SMILES string of the molecule is COc1ccc(C(c2ccc(OC)cc2)C(C=[N+]2CCCC2C(c2ccccc2)(c2ccccc2)c2ccccc2)c2ccccc2)cc1. The summed E-state index contributed by atoms with van der Waals surface area (Å²) < 4.78 is 13.9. The second-order valence-electron chi connectivity index (χ2n) is 12.9. The van der Waals surface area contributed by atoms with E-state index in [2.05, 4.69) is 181 Å². The molecule has 1 aliphatic heterocycles. The molecule has 6 aromatic carbocycles. The van der Waals surface area contributed by atoms with Gasteiger partial charge in [-0.05, 0) is 57.6 Å². The van der Waals surface area contributed by atoms with Crippen LogP contribution in [-0.2, 0) is 5.41 Å². The van der Waals surface area contributed by atoms with Crippen LogP contribution < -0.4 is 9.47 Å². The third kappa shape index (κ3) is 6.41. The van der Waals surface area contributed by atoms with E-state index >= 15 is 0 Å². The minimum atomic E-state index is -0.381. The maximum Gasteiger partial charge on any atom is 0.170 e. The van der Waals surface area contributed by atoms with Gasteiger partial charge in [0.25, 0.3) is 0 Å². The number of benzene rings is 6. The van der Waals surface area contributed by atoms with Gasteiger partial charge in [0, 0.05) is 18.8 Å². The van der Waals surface area contributed by atoms with Crippen molar-refractivity contribution < 1.29 is 14.0 Å². The summed E-state index contributed by atoms with van der Waals surface area (Å²) in [7, 11) is 3.45. The first-order chi connectivity index (χ1) is 24.2. The van der Waals surface area contributed by atoms with Crippen LogP contribution in [0, 0.1) is 0 Å². The zero-order valence-corrected chi connectivity index (χ0v) is 28.4. The molecule has 0 aliphatic carbocycles. The van der Waals surface area contributed by atoms with Gasteiger partial charge in [-0.3, -0.25) is 0 Å². The van der Waals surface area contributed by atoms with Crippen molar-refractivity contribution in [2.45, 2.75) is 36.1 Å². The van der Waals surface area contributed by atoms with Gasteiger partial charge in [-0.2, -0.15) is 0 Å². The van der Waals surface area contributed by atoms with E-state index in [0.29, 0.717) is 0 Å². The van der Waals surface area contributed by atoms with Crippen LogP contribution in [0.1, 0.15) is 58.1 Å². The monoisotopic (exact) mass is 642 g/mol. The lowest BCUT2D eigenvalue weighted by atomic mass is 9.64. The van der Waals surface area contributed by atoms with Gasteiger partial charge in [-0.15, -0.1) is 0 Å². The Kier molecular flexibility index (Phi) is 9.70. The number of rotatable bonds is 11. The average molecular weight is 643 g/mol. The molecule has 3 nitrogen and oxygen atoms in total. The fourth-order valence-corrected chi connectivity index (χ4v) is 8.09. The second kappa shape index (κ2) is 14.8. The maximum absolute atomic E-state index is 5.58. The van der Waals surface area contributed by atoms with Crippen molar-refractivity contribution in [3.8, 4) is 11.5 Å². The Morgan fingerprint density at radius 3 is 1.35 bits per heavy atom. The number of hydrogen-bond acceptors (Lipinski definition) is 2. The summed E-state index contributed by atoms with van der Waals surface area (Å²) in [4.78, 5) is 0. The van der Waals surface area contributed by atoms with E-state index in [1.165, 1.54) is 33.4 Å². The molecule has 2 atom stereocenters.